The second kappa shape index (κ2) is 7.89. The smallest absolute Gasteiger partial charge is 0.369 e. The Labute approximate surface area is 169 Å². The van der Waals surface area contributed by atoms with Crippen LogP contribution in [0.5, 0.6) is 0 Å². The molecule has 1 aliphatic heterocycles. The Kier molecular flexibility index (Phi) is 5.54. The Morgan fingerprint density at radius 3 is 2.25 bits per heavy atom. The zero-order valence-corrected chi connectivity index (χ0v) is 16.2. The number of piperazine rings is 1. The van der Waals surface area contributed by atoms with Gasteiger partial charge in [0.2, 0.25) is 0 Å². The number of hydrogen-bond donors (Lipinski definition) is 0. The highest BCUT2D eigenvalue weighted by molar-refractivity contribution is 5.85. The molecule has 0 atom stereocenters. The van der Waals surface area contributed by atoms with Crippen LogP contribution >= 0.6 is 12.4 Å². The van der Waals surface area contributed by atoms with Crippen LogP contribution in [0.2, 0.25) is 0 Å². The summed E-state index contributed by atoms with van der Waals surface area (Å²) in [6, 6.07) is 15.9. The second-order valence-corrected chi connectivity index (χ2v) is 6.73. The topological polar surface area (TPSA) is 84.2 Å². The van der Waals surface area contributed by atoms with Gasteiger partial charge in [0.15, 0.2) is 6.07 Å². The van der Waals surface area contributed by atoms with E-state index in [4.69, 9.17) is 0 Å². The summed E-state index contributed by atoms with van der Waals surface area (Å²) in [6.45, 7) is 3.58. The highest BCUT2D eigenvalue weighted by Gasteiger charge is 2.30. The van der Waals surface area contributed by atoms with E-state index in [9.17, 15) is 15.7 Å². The zero-order chi connectivity index (χ0) is 19.0. The Morgan fingerprint density at radius 2 is 1.61 bits per heavy atom. The normalized spacial score (nSPS) is 14.5. The first-order chi connectivity index (χ1) is 13.1. The van der Waals surface area contributed by atoms with Crippen molar-refractivity contribution < 1.29 is 9.46 Å². The van der Waals surface area contributed by atoms with Crippen molar-refractivity contribution in [2.24, 2.45) is 0 Å². The molecule has 2 heterocycles. The van der Waals surface area contributed by atoms with Crippen molar-refractivity contribution in [3.05, 3.63) is 64.6 Å². The van der Waals surface area contributed by atoms with Crippen LogP contribution in [0.4, 0.5) is 5.69 Å². The molecule has 0 saturated carbocycles. The summed E-state index contributed by atoms with van der Waals surface area (Å²) in [5.41, 5.74) is 1.76. The van der Waals surface area contributed by atoms with Crippen molar-refractivity contribution in [3.63, 3.8) is 0 Å². The molecule has 0 aliphatic carbocycles. The summed E-state index contributed by atoms with van der Waals surface area (Å²) in [5, 5.41) is 35.4. The molecule has 1 aromatic heterocycles. The van der Waals surface area contributed by atoms with Gasteiger partial charge in [0.1, 0.15) is 0 Å². The molecule has 1 aliphatic rings. The van der Waals surface area contributed by atoms with Gasteiger partial charge in [0.25, 0.3) is 11.0 Å². The van der Waals surface area contributed by atoms with E-state index in [0.717, 1.165) is 31.9 Å². The first-order valence-electron chi connectivity index (χ1n) is 8.82. The van der Waals surface area contributed by atoms with E-state index >= 15 is 0 Å². The van der Waals surface area contributed by atoms with Crippen LogP contribution in [0.25, 0.3) is 22.3 Å². The van der Waals surface area contributed by atoms with E-state index < -0.39 is 0 Å². The van der Waals surface area contributed by atoms with Gasteiger partial charge in [0, 0.05) is 44.0 Å². The number of hydrogen-bond acceptors (Lipinski definition) is 5. The molecule has 0 spiro atoms. The molecule has 0 amide bonds. The molecule has 2 aromatic carbocycles. The number of anilines is 1. The fourth-order valence-corrected chi connectivity index (χ4v) is 3.49. The van der Waals surface area contributed by atoms with Gasteiger partial charge in [-0.25, -0.2) is 0 Å². The van der Waals surface area contributed by atoms with Crippen LogP contribution < -0.4 is 14.4 Å². The Morgan fingerprint density at radius 1 is 0.929 bits per heavy atom. The molecular weight excluding hydrogens is 378 g/mol. The van der Waals surface area contributed by atoms with Crippen molar-refractivity contribution in [2.45, 2.75) is 0 Å². The number of aromatic nitrogens is 2. The molecule has 8 heteroatoms. The molecule has 1 fully saturated rings. The third-order valence-electron chi connectivity index (χ3n) is 5.05. The van der Waals surface area contributed by atoms with Crippen molar-refractivity contribution in [1.82, 2.24) is 4.90 Å². The Balaban J connectivity index is 0.00000225. The fourth-order valence-electron chi connectivity index (χ4n) is 3.49. The van der Waals surface area contributed by atoms with E-state index in [1.807, 2.05) is 18.2 Å². The highest BCUT2D eigenvalue weighted by atomic mass is 35.5. The monoisotopic (exact) mass is 397 g/mol. The second-order valence-electron chi connectivity index (χ2n) is 6.73. The van der Waals surface area contributed by atoms with Crippen LogP contribution in [-0.4, -0.2) is 38.1 Å². The number of fused-ring (bicyclic) bond motifs is 1. The standard InChI is InChI=1S/C20H19N5O2.ClH/c1-22-9-11-23(12-10-22)16-7-8-17-18(13-16)24(26)19(14-21)20(25(17)27)15-5-3-2-4-6-15;/h2-8,13H,9-12H2,1H3;1H. The van der Waals surface area contributed by atoms with E-state index in [2.05, 4.69) is 16.8 Å². The third kappa shape index (κ3) is 3.28. The summed E-state index contributed by atoms with van der Waals surface area (Å²) in [5.74, 6) is 0. The predicted molar refractivity (Wildman–Crippen MR) is 109 cm³/mol. The van der Waals surface area contributed by atoms with Crippen LogP contribution in [0.15, 0.2) is 48.5 Å². The number of likely N-dealkylation sites (N-methyl/N-ethyl adjacent to an activating group) is 1. The molecule has 4 rings (SSSR count). The molecule has 1 saturated heterocycles. The number of nitriles is 1. The molecule has 7 nitrogen and oxygen atoms in total. The average Bonchev–Trinajstić information content (AvgIpc) is 2.71. The molecule has 0 N–H and O–H groups in total. The van der Waals surface area contributed by atoms with E-state index in [1.165, 1.54) is 0 Å². The van der Waals surface area contributed by atoms with Crippen LogP contribution in [-0.2, 0) is 0 Å². The summed E-state index contributed by atoms with van der Waals surface area (Å²) in [4.78, 5) is 4.43. The molecule has 3 aromatic rings. The van der Waals surface area contributed by atoms with Gasteiger partial charge in [-0.05, 0) is 25.2 Å². The molecule has 0 bridgehead atoms. The lowest BCUT2D eigenvalue weighted by molar-refractivity contribution is -0.622. The lowest BCUT2D eigenvalue weighted by Gasteiger charge is -2.33. The van der Waals surface area contributed by atoms with Crippen LogP contribution in [0.1, 0.15) is 5.69 Å². The Bertz CT molecular complexity index is 1040. The first kappa shape index (κ1) is 19.7. The minimum atomic E-state index is -0.195. The van der Waals surface area contributed by atoms with Crippen molar-refractivity contribution in [3.8, 4) is 17.3 Å². The summed E-state index contributed by atoms with van der Waals surface area (Å²) >= 11 is 0. The van der Waals surface area contributed by atoms with Crippen molar-refractivity contribution >= 4 is 29.1 Å². The molecular formula is C20H20ClN5O2. The maximum absolute atomic E-state index is 13.0. The first-order valence-corrected chi connectivity index (χ1v) is 8.82. The Hall–Kier alpha value is -3.08. The number of nitrogens with zero attached hydrogens (tertiary/aromatic N) is 5. The summed E-state index contributed by atoms with van der Waals surface area (Å²) in [7, 11) is 2.08. The lowest BCUT2D eigenvalue weighted by Crippen LogP contribution is -2.45. The molecule has 144 valence electrons. The summed E-state index contributed by atoms with van der Waals surface area (Å²) in [6.07, 6.45) is 0. The summed E-state index contributed by atoms with van der Waals surface area (Å²) < 4.78 is 1.26. The van der Waals surface area contributed by atoms with Gasteiger partial charge < -0.3 is 20.2 Å². The number of benzene rings is 2. The molecule has 28 heavy (non-hydrogen) atoms. The third-order valence-corrected chi connectivity index (χ3v) is 5.05. The number of rotatable bonds is 2. The lowest BCUT2D eigenvalue weighted by atomic mass is 10.1. The quantitative estimate of drug-likeness (QED) is 0.486. The van der Waals surface area contributed by atoms with E-state index in [1.54, 1.807) is 36.4 Å². The average molecular weight is 398 g/mol. The van der Waals surface area contributed by atoms with Crippen molar-refractivity contribution in [1.29, 1.82) is 5.26 Å². The van der Waals surface area contributed by atoms with Gasteiger partial charge in [-0.1, -0.05) is 18.2 Å². The zero-order valence-electron chi connectivity index (χ0n) is 15.4. The SMILES string of the molecule is CN1CCN(c2ccc3c(c2)[n+]([O-])c(C#N)c(-c2ccccc2)[n+]3[O-])CC1.Cl. The van der Waals surface area contributed by atoms with Crippen LogP contribution in [0.3, 0.4) is 0 Å². The van der Waals surface area contributed by atoms with Gasteiger partial charge in [-0.2, -0.15) is 9.99 Å². The minimum absolute atomic E-state index is 0. The van der Waals surface area contributed by atoms with Gasteiger partial charge in [-0.3, -0.25) is 0 Å². The van der Waals surface area contributed by atoms with Gasteiger partial charge in [-0.15, -0.1) is 17.1 Å². The highest BCUT2D eigenvalue weighted by Crippen LogP contribution is 2.24. The molecule has 0 radical (unpaired) electrons. The van der Waals surface area contributed by atoms with E-state index in [-0.39, 0.29) is 34.8 Å². The van der Waals surface area contributed by atoms with Crippen molar-refractivity contribution in [2.75, 3.05) is 38.1 Å². The predicted octanol–water partition coefficient (Wildman–Crippen LogP) is 1.82. The largest absolute Gasteiger partial charge is 0.617 e. The maximum atomic E-state index is 13.0. The van der Waals surface area contributed by atoms with Gasteiger partial charge >= 0.3 is 11.4 Å². The fraction of sp³-hybridized carbons (Fsp3) is 0.250. The van der Waals surface area contributed by atoms with E-state index in [0.29, 0.717) is 15.0 Å². The van der Waals surface area contributed by atoms with Gasteiger partial charge in [0.05, 0.1) is 5.56 Å². The maximum Gasteiger partial charge on any atom is 0.369 e. The van der Waals surface area contributed by atoms with Crippen LogP contribution in [0, 0.1) is 21.7 Å². The number of halogens is 1. The minimum Gasteiger partial charge on any atom is -0.617 e. The molecule has 0 unspecified atom stereocenters.